The molecule has 0 amide bonds. The van der Waals surface area contributed by atoms with Crippen LogP contribution in [-0.2, 0) is 14.6 Å². The van der Waals surface area contributed by atoms with E-state index in [1.807, 2.05) is 6.92 Å². The van der Waals surface area contributed by atoms with Gasteiger partial charge in [-0.25, -0.2) is 13.2 Å². The Labute approximate surface area is 113 Å². The molecular formula is C13H19NO4S. The molecule has 0 aromatic heterocycles. The number of carbonyl (C=O) groups is 1. The zero-order valence-electron chi connectivity index (χ0n) is 11.1. The summed E-state index contributed by atoms with van der Waals surface area (Å²) in [6, 6.07) is 5.52. The molecule has 0 fully saturated rings. The Morgan fingerprint density at radius 3 is 2.26 bits per heavy atom. The van der Waals surface area contributed by atoms with Crippen LogP contribution in [0.15, 0.2) is 29.2 Å². The van der Waals surface area contributed by atoms with Crippen molar-refractivity contribution in [2.24, 2.45) is 0 Å². The molecule has 0 aliphatic carbocycles. The molecule has 0 radical (unpaired) electrons. The molecule has 1 rings (SSSR count). The van der Waals surface area contributed by atoms with Crippen LogP contribution in [0.5, 0.6) is 0 Å². The van der Waals surface area contributed by atoms with Gasteiger partial charge in [0.25, 0.3) is 0 Å². The average Bonchev–Trinajstić information content (AvgIpc) is 2.36. The number of hydrogen-bond acceptors (Lipinski definition) is 4. The van der Waals surface area contributed by atoms with E-state index in [0.29, 0.717) is 18.5 Å². The Hall–Kier alpha value is -1.56. The molecule has 5 nitrogen and oxygen atoms in total. The number of carboxylic acids is 1. The second kappa shape index (κ2) is 6.56. The van der Waals surface area contributed by atoms with Crippen molar-refractivity contribution in [3.05, 3.63) is 24.3 Å². The van der Waals surface area contributed by atoms with Gasteiger partial charge in [-0.2, -0.15) is 0 Å². The zero-order valence-corrected chi connectivity index (χ0v) is 11.9. The normalized spacial score (nSPS) is 12.9. The molecule has 0 heterocycles. The Morgan fingerprint density at radius 2 is 1.84 bits per heavy atom. The van der Waals surface area contributed by atoms with E-state index >= 15 is 0 Å². The Morgan fingerprint density at radius 1 is 1.26 bits per heavy atom. The van der Waals surface area contributed by atoms with Crippen LogP contribution in [-0.4, -0.2) is 31.3 Å². The molecule has 2 N–H and O–H groups in total. The summed E-state index contributed by atoms with van der Waals surface area (Å²) in [4.78, 5) is 11.2. The number of hydrogen-bond donors (Lipinski definition) is 2. The highest BCUT2D eigenvalue weighted by molar-refractivity contribution is 7.91. The molecule has 0 spiro atoms. The minimum absolute atomic E-state index is 0.118. The number of rotatable bonds is 7. The van der Waals surface area contributed by atoms with Gasteiger partial charge < -0.3 is 10.4 Å². The number of anilines is 1. The van der Waals surface area contributed by atoms with Crippen molar-refractivity contribution in [2.45, 2.75) is 37.6 Å². The average molecular weight is 285 g/mol. The third-order valence-corrected chi connectivity index (χ3v) is 4.67. The molecule has 0 aliphatic heterocycles. The lowest BCUT2D eigenvalue weighted by atomic mass is 10.2. The summed E-state index contributed by atoms with van der Waals surface area (Å²) in [5.74, 6) is -0.808. The van der Waals surface area contributed by atoms with Gasteiger partial charge in [0.05, 0.1) is 10.6 Å². The Bertz CT molecular complexity index is 522. The summed E-state index contributed by atoms with van der Waals surface area (Å²) in [6.07, 6.45) is 1.02. The quantitative estimate of drug-likeness (QED) is 0.802. The van der Waals surface area contributed by atoms with Crippen molar-refractivity contribution in [3.8, 4) is 0 Å². The van der Waals surface area contributed by atoms with Crippen LogP contribution in [0.2, 0.25) is 0 Å². The van der Waals surface area contributed by atoms with E-state index in [2.05, 4.69) is 5.32 Å². The second-order valence-corrected chi connectivity index (χ2v) is 6.40. The topological polar surface area (TPSA) is 83.5 Å². The molecule has 1 unspecified atom stereocenters. The molecule has 0 aliphatic rings. The van der Waals surface area contributed by atoms with Gasteiger partial charge in [0.1, 0.15) is 6.04 Å². The first-order valence-electron chi connectivity index (χ1n) is 6.23. The Balaban J connectivity index is 2.85. The SMILES string of the molecule is CCCS(=O)(=O)c1ccc(NC(CC)C(=O)O)cc1. The Kier molecular flexibility index (Phi) is 5.35. The zero-order chi connectivity index (χ0) is 14.5. The third kappa shape index (κ3) is 4.24. The number of nitrogens with one attached hydrogen (secondary N) is 1. The first kappa shape index (κ1) is 15.5. The van der Waals surface area contributed by atoms with Crippen LogP contribution in [0.3, 0.4) is 0 Å². The van der Waals surface area contributed by atoms with Crippen LogP contribution in [0.4, 0.5) is 5.69 Å². The van der Waals surface area contributed by atoms with E-state index in [1.165, 1.54) is 12.1 Å². The number of benzene rings is 1. The maximum atomic E-state index is 11.8. The molecule has 0 saturated heterocycles. The minimum Gasteiger partial charge on any atom is -0.480 e. The van der Waals surface area contributed by atoms with Gasteiger partial charge >= 0.3 is 5.97 Å². The van der Waals surface area contributed by atoms with E-state index in [1.54, 1.807) is 19.1 Å². The predicted molar refractivity (Wildman–Crippen MR) is 74.1 cm³/mol. The lowest BCUT2D eigenvalue weighted by Crippen LogP contribution is -2.28. The van der Waals surface area contributed by atoms with Gasteiger partial charge in [0, 0.05) is 5.69 Å². The maximum Gasteiger partial charge on any atom is 0.326 e. The van der Waals surface area contributed by atoms with Gasteiger partial charge in [-0.1, -0.05) is 13.8 Å². The van der Waals surface area contributed by atoms with Crippen LogP contribution in [0, 0.1) is 0 Å². The van der Waals surface area contributed by atoms with E-state index in [0.717, 1.165) is 0 Å². The fourth-order valence-electron chi connectivity index (χ4n) is 1.68. The van der Waals surface area contributed by atoms with Crippen molar-refractivity contribution >= 4 is 21.5 Å². The standard InChI is InChI=1S/C13H19NO4S/c1-3-9-19(17,18)11-7-5-10(6-8-11)14-12(4-2)13(15)16/h5-8,12,14H,3-4,9H2,1-2H3,(H,15,16). The van der Waals surface area contributed by atoms with E-state index in [9.17, 15) is 13.2 Å². The highest BCUT2D eigenvalue weighted by Crippen LogP contribution is 2.17. The van der Waals surface area contributed by atoms with Crippen LogP contribution in [0.1, 0.15) is 26.7 Å². The van der Waals surface area contributed by atoms with Crippen molar-refractivity contribution < 1.29 is 18.3 Å². The minimum atomic E-state index is -3.22. The molecule has 6 heteroatoms. The summed E-state index contributed by atoms with van der Waals surface area (Å²) in [6.45, 7) is 3.58. The lowest BCUT2D eigenvalue weighted by Gasteiger charge is -2.14. The molecule has 1 aromatic carbocycles. The number of aliphatic carboxylic acids is 1. The molecule has 106 valence electrons. The summed E-state index contributed by atoms with van der Waals surface area (Å²) in [7, 11) is -3.22. The van der Waals surface area contributed by atoms with Crippen LogP contribution >= 0.6 is 0 Å². The smallest absolute Gasteiger partial charge is 0.326 e. The maximum absolute atomic E-state index is 11.8. The summed E-state index contributed by atoms with van der Waals surface area (Å²) < 4.78 is 23.6. The third-order valence-electron chi connectivity index (χ3n) is 2.73. The molecule has 0 saturated carbocycles. The fourth-order valence-corrected chi connectivity index (χ4v) is 3.01. The summed E-state index contributed by atoms with van der Waals surface area (Å²) in [5, 5.41) is 11.8. The molecular weight excluding hydrogens is 266 g/mol. The first-order valence-corrected chi connectivity index (χ1v) is 7.88. The molecule has 0 bridgehead atoms. The van der Waals surface area contributed by atoms with Crippen molar-refractivity contribution in [3.63, 3.8) is 0 Å². The summed E-state index contributed by atoms with van der Waals surface area (Å²) in [5.41, 5.74) is 0.602. The number of carboxylic acid groups (broad SMARTS) is 1. The fraction of sp³-hybridized carbons (Fsp3) is 0.462. The monoisotopic (exact) mass is 285 g/mol. The van der Waals surface area contributed by atoms with Crippen molar-refractivity contribution in [1.82, 2.24) is 0 Å². The van der Waals surface area contributed by atoms with Crippen molar-refractivity contribution in [2.75, 3.05) is 11.1 Å². The predicted octanol–water partition coefficient (Wildman–Crippen LogP) is 2.15. The highest BCUT2D eigenvalue weighted by Gasteiger charge is 2.16. The highest BCUT2D eigenvalue weighted by atomic mass is 32.2. The first-order chi connectivity index (χ1) is 8.90. The molecule has 19 heavy (non-hydrogen) atoms. The number of sulfone groups is 1. The van der Waals surface area contributed by atoms with E-state index in [-0.39, 0.29) is 10.6 Å². The van der Waals surface area contributed by atoms with Crippen LogP contribution < -0.4 is 5.32 Å². The van der Waals surface area contributed by atoms with Gasteiger partial charge in [0.15, 0.2) is 9.84 Å². The van der Waals surface area contributed by atoms with Crippen LogP contribution in [0.25, 0.3) is 0 Å². The van der Waals surface area contributed by atoms with Gasteiger partial charge in [-0.3, -0.25) is 0 Å². The molecule has 1 aromatic rings. The van der Waals surface area contributed by atoms with Gasteiger partial charge in [0.2, 0.25) is 0 Å². The van der Waals surface area contributed by atoms with E-state index < -0.39 is 21.8 Å². The summed E-state index contributed by atoms with van der Waals surface area (Å²) >= 11 is 0. The molecule has 1 atom stereocenters. The second-order valence-electron chi connectivity index (χ2n) is 4.29. The largest absolute Gasteiger partial charge is 0.480 e. The van der Waals surface area contributed by atoms with E-state index in [4.69, 9.17) is 5.11 Å². The van der Waals surface area contributed by atoms with Gasteiger partial charge in [-0.05, 0) is 37.1 Å². The lowest BCUT2D eigenvalue weighted by molar-refractivity contribution is -0.137. The van der Waals surface area contributed by atoms with Crippen molar-refractivity contribution in [1.29, 1.82) is 0 Å². The van der Waals surface area contributed by atoms with Gasteiger partial charge in [-0.15, -0.1) is 0 Å².